The summed E-state index contributed by atoms with van der Waals surface area (Å²) in [5, 5.41) is 3.41. The summed E-state index contributed by atoms with van der Waals surface area (Å²) in [6.07, 6.45) is 0. The molecule has 1 atom stereocenters. The molecule has 21 heavy (non-hydrogen) atoms. The Kier molecular flexibility index (Phi) is 5.72. The maximum atomic E-state index is 5.70. The summed E-state index contributed by atoms with van der Waals surface area (Å²) in [6, 6.07) is 7.55. The zero-order valence-corrected chi connectivity index (χ0v) is 15.2. The van der Waals surface area contributed by atoms with Gasteiger partial charge in [-0.15, -0.1) is 0 Å². The van der Waals surface area contributed by atoms with Crippen molar-refractivity contribution in [1.82, 2.24) is 5.32 Å². The largest absolute Gasteiger partial charge is 0.496 e. The lowest BCUT2D eigenvalue weighted by atomic mass is 10.0. The van der Waals surface area contributed by atoms with Gasteiger partial charge in [-0.1, -0.05) is 6.92 Å². The second-order valence-corrected chi connectivity index (χ2v) is 6.00. The Labute approximate surface area is 141 Å². The van der Waals surface area contributed by atoms with Crippen LogP contribution in [0, 0.1) is 0 Å². The molecule has 0 radical (unpaired) electrons. The first kappa shape index (κ1) is 16.4. The summed E-state index contributed by atoms with van der Waals surface area (Å²) in [4.78, 5) is 0. The van der Waals surface area contributed by atoms with Crippen molar-refractivity contribution in [2.75, 3.05) is 20.8 Å². The smallest absolute Gasteiger partial charge is 0.169 e. The van der Waals surface area contributed by atoms with E-state index in [2.05, 4.69) is 37.2 Å². The molecule has 0 saturated heterocycles. The van der Waals surface area contributed by atoms with E-state index in [1.165, 1.54) is 0 Å². The highest BCUT2D eigenvalue weighted by molar-refractivity contribution is 9.10. The summed E-state index contributed by atoms with van der Waals surface area (Å²) in [7, 11) is 3.29. The Morgan fingerprint density at radius 1 is 1.14 bits per heavy atom. The minimum atomic E-state index is -0.113. The average molecular weight is 419 g/mol. The maximum absolute atomic E-state index is 5.70. The molecule has 1 heterocycles. The quantitative estimate of drug-likeness (QED) is 0.748. The molecular formula is C15H17Br2NO3. The molecule has 0 bridgehead atoms. The highest BCUT2D eigenvalue weighted by Gasteiger charge is 2.22. The molecule has 0 aliphatic heterocycles. The van der Waals surface area contributed by atoms with Crippen LogP contribution in [-0.2, 0) is 0 Å². The molecule has 0 aliphatic rings. The molecule has 0 aliphatic carbocycles. The standard InChI is InChI=1S/C15H17Br2NO3/c1-4-18-15(11-5-6-14(17)21-11)9-7-13(20-3)10(16)8-12(9)19-2/h5-8,15,18H,4H2,1-3H3. The van der Waals surface area contributed by atoms with Crippen molar-refractivity contribution >= 4 is 31.9 Å². The number of nitrogens with one attached hydrogen (secondary N) is 1. The third-order valence-electron chi connectivity index (χ3n) is 3.10. The average Bonchev–Trinajstić information content (AvgIpc) is 2.91. The number of halogens is 2. The fourth-order valence-electron chi connectivity index (χ4n) is 2.16. The van der Waals surface area contributed by atoms with E-state index in [1.807, 2.05) is 31.2 Å². The molecule has 1 aromatic heterocycles. The molecule has 0 fully saturated rings. The summed E-state index contributed by atoms with van der Waals surface area (Å²) in [5.41, 5.74) is 0.959. The fraction of sp³-hybridized carbons (Fsp3) is 0.333. The highest BCUT2D eigenvalue weighted by Crippen LogP contribution is 2.38. The van der Waals surface area contributed by atoms with E-state index >= 15 is 0 Å². The third kappa shape index (κ3) is 3.62. The van der Waals surface area contributed by atoms with Gasteiger partial charge in [-0.2, -0.15) is 0 Å². The van der Waals surface area contributed by atoms with Gasteiger partial charge in [0.05, 0.1) is 24.7 Å². The van der Waals surface area contributed by atoms with E-state index in [0.717, 1.165) is 33.8 Å². The number of ether oxygens (including phenoxy) is 2. The molecule has 1 aromatic carbocycles. The molecule has 114 valence electrons. The van der Waals surface area contributed by atoms with Crippen LogP contribution in [0.1, 0.15) is 24.3 Å². The molecule has 2 rings (SSSR count). The number of rotatable bonds is 6. The fourth-order valence-corrected chi connectivity index (χ4v) is 2.96. The molecule has 1 unspecified atom stereocenters. The SMILES string of the molecule is CCNC(c1ccc(Br)o1)c1cc(OC)c(Br)cc1OC. The first-order valence-corrected chi connectivity index (χ1v) is 8.09. The van der Waals surface area contributed by atoms with Crippen molar-refractivity contribution in [3.63, 3.8) is 0 Å². The minimum Gasteiger partial charge on any atom is -0.496 e. The zero-order chi connectivity index (χ0) is 15.4. The van der Waals surface area contributed by atoms with Gasteiger partial charge in [-0.05, 0) is 62.7 Å². The lowest BCUT2D eigenvalue weighted by Gasteiger charge is -2.20. The molecule has 0 saturated carbocycles. The lowest BCUT2D eigenvalue weighted by Crippen LogP contribution is -2.22. The van der Waals surface area contributed by atoms with Crippen LogP contribution >= 0.6 is 31.9 Å². The van der Waals surface area contributed by atoms with Gasteiger partial charge < -0.3 is 19.2 Å². The predicted molar refractivity (Wildman–Crippen MR) is 89.2 cm³/mol. The highest BCUT2D eigenvalue weighted by atomic mass is 79.9. The molecule has 6 heteroatoms. The van der Waals surface area contributed by atoms with Crippen molar-refractivity contribution in [2.24, 2.45) is 0 Å². The van der Waals surface area contributed by atoms with Crippen molar-refractivity contribution in [3.8, 4) is 11.5 Å². The Balaban J connectivity index is 2.53. The van der Waals surface area contributed by atoms with E-state index in [1.54, 1.807) is 14.2 Å². The van der Waals surface area contributed by atoms with Gasteiger partial charge in [0.15, 0.2) is 4.67 Å². The van der Waals surface area contributed by atoms with Gasteiger partial charge in [0.1, 0.15) is 17.3 Å². The Hall–Kier alpha value is -0.980. The van der Waals surface area contributed by atoms with Gasteiger partial charge in [0.25, 0.3) is 0 Å². The normalized spacial score (nSPS) is 12.2. The van der Waals surface area contributed by atoms with Gasteiger partial charge in [-0.25, -0.2) is 0 Å². The number of hydrogen-bond acceptors (Lipinski definition) is 4. The molecule has 0 amide bonds. The second-order valence-electron chi connectivity index (χ2n) is 4.36. The van der Waals surface area contributed by atoms with Crippen LogP contribution in [0.25, 0.3) is 0 Å². The van der Waals surface area contributed by atoms with Crippen LogP contribution < -0.4 is 14.8 Å². The maximum Gasteiger partial charge on any atom is 0.169 e. The van der Waals surface area contributed by atoms with Crippen molar-refractivity contribution < 1.29 is 13.9 Å². The monoisotopic (exact) mass is 417 g/mol. The van der Waals surface area contributed by atoms with E-state index in [-0.39, 0.29) is 6.04 Å². The number of furan rings is 1. The van der Waals surface area contributed by atoms with E-state index in [0.29, 0.717) is 4.67 Å². The number of benzene rings is 1. The van der Waals surface area contributed by atoms with Crippen molar-refractivity contribution in [2.45, 2.75) is 13.0 Å². The van der Waals surface area contributed by atoms with Crippen LogP contribution in [0.2, 0.25) is 0 Å². The number of methoxy groups -OCH3 is 2. The van der Waals surface area contributed by atoms with Crippen LogP contribution in [-0.4, -0.2) is 20.8 Å². The third-order valence-corrected chi connectivity index (χ3v) is 4.15. The van der Waals surface area contributed by atoms with Crippen LogP contribution in [0.4, 0.5) is 0 Å². The molecular weight excluding hydrogens is 402 g/mol. The second kappa shape index (κ2) is 7.33. The predicted octanol–water partition coefficient (Wildman–Crippen LogP) is 4.52. The summed E-state index contributed by atoms with van der Waals surface area (Å²) in [5.74, 6) is 2.33. The van der Waals surface area contributed by atoms with Gasteiger partial charge in [0, 0.05) is 5.56 Å². The zero-order valence-electron chi connectivity index (χ0n) is 12.1. The summed E-state index contributed by atoms with van der Waals surface area (Å²) >= 11 is 6.82. The van der Waals surface area contributed by atoms with Gasteiger partial charge in [0.2, 0.25) is 0 Å². The first-order chi connectivity index (χ1) is 10.1. The molecule has 2 aromatic rings. The van der Waals surface area contributed by atoms with Crippen molar-refractivity contribution in [1.29, 1.82) is 0 Å². The van der Waals surface area contributed by atoms with Crippen LogP contribution in [0.5, 0.6) is 11.5 Å². The first-order valence-electron chi connectivity index (χ1n) is 6.50. The van der Waals surface area contributed by atoms with E-state index < -0.39 is 0 Å². The minimum absolute atomic E-state index is 0.113. The lowest BCUT2D eigenvalue weighted by molar-refractivity contribution is 0.382. The Morgan fingerprint density at radius 3 is 2.38 bits per heavy atom. The Morgan fingerprint density at radius 2 is 1.86 bits per heavy atom. The van der Waals surface area contributed by atoms with Crippen molar-refractivity contribution in [3.05, 3.63) is 44.7 Å². The molecule has 0 spiro atoms. The summed E-state index contributed by atoms with van der Waals surface area (Å²) < 4.78 is 18.1. The molecule has 4 nitrogen and oxygen atoms in total. The van der Waals surface area contributed by atoms with Gasteiger partial charge in [-0.3, -0.25) is 0 Å². The molecule has 1 N–H and O–H groups in total. The van der Waals surface area contributed by atoms with E-state index in [9.17, 15) is 0 Å². The van der Waals surface area contributed by atoms with Crippen LogP contribution in [0.3, 0.4) is 0 Å². The van der Waals surface area contributed by atoms with Gasteiger partial charge >= 0.3 is 0 Å². The Bertz CT molecular complexity index is 613. The summed E-state index contributed by atoms with van der Waals surface area (Å²) in [6.45, 7) is 2.85. The van der Waals surface area contributed by atoms with Crippen LogP contribution in [0.15, 0.2) is 37.8 Å². The topological polar surface area (TPSA) is 43.6 Å². The number of hydrogen-bond donors (Lipinski definition) is 1. The van der Waals surface area contributed by atoms with E-state index in [4.69, 9.17) is 13.9 Å².